The minimum atomic E-state index is -0.818. The molecule has 6 heteroatoms. The van der Waals surface area contributed by atoms with Crippen LogP contribution in [-0.4, -0.2) is 37.2 Å². The first-order chi connectivity index (χ1) is 40.0. The topological polar surface area (TPSA) is 78.9 Å². The van der Waals surface area contributed by atoms with E-state index in [0.717, 1.165) is 205 Å². The van der Waals surface area contributed by atoms with Crippen molar-refractivity contribution in [1.82, 2.24) is 0 Å². The third kappa shape index (κ3) is 65.2. The highest BCUT2D eigenvalue weighted by Gasteiger charge is 2.19. The lowest BCUT2D eigenvalue weighted by Gasteiger charge is -2.18. The van der Waals surface area contributed by atoms with Crippen molar-refractivity contribution in [2.75, 3.05) is 13.2 Å². The Morgan fingerprint density at radius 3 is 0.753 bits per heavy atom. The molecule has 0 spiro atoms. The maximum atomic E-state index is 12.9. The zero-order valence-corrected chi connectivity index (χ0v) is 51.7. The largest absolute Gasteiger partial charge is 0.462 e. The summed E-state index contributed by atoms with van der Waals surface area (Å²) in [7, 11) is 0. The van der Waals surface area contributed by atoms with E-state index in [1.54, 1.807) is 0 Å². The SMILES string of the molecule is CC/C=C\C/C=C\C/C=C\C/C=C\C/C=C\C/C=C\C/C=C\CCCCCCCC(=O)OCC(COC(=O)CCCCCCC/C=C\C/C=C\CCC)OC(=O)CCCCCC/C=C\C/C=C\C/C=C\C/C=C\C/C=C\C/C=C\CC. The molecule has 0 heterocycles. The monoisotopic (exact) mass is 1110 g/mol. The second kappa shape index (κ2) is 67.0. The van der Waals surface area contributed by atoms with Crippen LogP contribution < -0.4 is 0 Å². The molecule has 0 aliphatic heterocycles. The first-order valence-electron chi connectivity index (χ1n) is 32.3. The van der Waals surface area contributed by atoms with E-state index in [9.17, 15) is 14.4 Å². The van der Waals surface area contributed by atoms with Crippen LogP contribution in [0, 0.1) is 0 Å². The van der Waals surface area contributed by atoms with Crippen LogP contribution in [0.2, 0.25) is 0 Å². The van der Waals surface area contributed by atoms with Gasteiger partial charge in [0.15, 0.2) is 6.10 Å². The molecule has 0 fully saturated rings. The summed E-state index contributed by atoms with van der Waals surface area (Å²) in [6, 6.07) is 0. The molecule has 0 aliphatic carbocycles. The number of ether oxygens (including phenoxy) is 3. The molecule has 0 radical (unpaired) electrons. The van der Waals surface area contributed by atoms with Crippen LogP contribution >= 0.6 is 0 Å². The van der Waals surface area contributed by atoms with E-state index in [2.05, 4.69) is 203 Å². The molecule has 81 heavy (non-hydrogen) atoms. The molecule has 0 aliphatic rings. The number of hydrogen-bond acceptors (Lipinski definition) is 6. The van der Waals surface area contributed by atoms with Crippen LogP contribution in [0.15, 0.2) is 182 Å². The second-order valence-electron chi connectivity index (χ2n) is 20.5. The molecule has 0 aromatic heterocycles. The standard InChI is InChI=1S/C75H116O6/c1-4-7-10-13-16-19-22-25-27-29-31-33-35-36-37-38-40-41-43-45-47-50-53-56-59-62-65-68-74(77)80-71-72(70-79-73(76)67-64-61-58-55-52-49-24-21-18-15-12-9-6-3)81-75(78)69-66-63-60-57-54-51-48-46-44-42-39-34-32-30-28-26-23-20-17-14-11-8-5-2/h7-8,10-12,15-17,19-21,24-28,31-34,36-37,40-42,44-45,47-48,51,72H,4-6,9,13-14,18,22-23,29-30,35,38-39,43,46,49-50,52-71H2,1-3H3/b10-7-,11-8-,15-12-,19-16-,20-17-,24-21-,27-25-,28-26-,33-31-,34-32-,37-36-,41-40-,44-42-,47-45-,51-48-. The van der Waals surface area contributed by atoms with E-state index in [1.165, 1.54) is 6.42 Å². The Hall–Kier alpha value is -5.49. The van der Waals surface area contributed by atoms with Crippen LogP contribution in [0.1, 0.15) is 252 Å². The predicted octanol–water partition coefficient (Wildman–Crippen LogP) is 22.4. The van der Waals surface area contributed by atoms with E-state index in [-0.39, 0.29) is 37.5 Å². The van der Waals surface area contributed by atoms with Crippen molar-refractivity contribution in [3.05, 3.63) is 182 Å². The molecule has 6 nitrogen and oxygen atoms in total. The number of allylic oxidation sites excluding steroid dienone is 30. The normalized spacial score (nSPS) is 13.4. The molecular weight excluding hydrogens is 997 g/mol. The average molecular weight is 1110 g/mol. The molecule has 0 aromatic carbocycles. The minimum absolute atomic E-state index is 0.111. The summed E-state index contributed by atoms with van der Waals surface area (Å²) in [6.45, 7) is 6.29. The third-order valence-corrected chi connectivity index (χ3v) is 12.9. The van der Waals surface area contributed by atoms with Gasteiger partial charge in [-0.3, -0.25) is 14.4 Å². The van der Waals surface area contributed by atoms with Gasteiger partial charge in [0.05, 0.1) is 0 Å². The van der Waals surface area contributed by atoms with E-state index >= 15 is 0 Å². The van der Waals surface area contributed by atoms with Gasteiger partial charge in [-0.25, -0.2) is 0 Å². The molecule has 1 unspecified atom stereocenters. The van der Waals surface area contributed by atoms with Crippen molar-refractivity contribution < 1.29 is 28.6 Å². The zero-order chi connectivity index (χ0) is 58.5. The average Bonchev–Trinajstić information content (AvgIpc) is 3.46. The highest BCUT2D eigenvalue weighted by molar-refractivity contribution is 5.71. The smallest absolute Gasteiger partial charge is 0.306 e. The summed E-state index contributed by atoms with van der Waals surface area (Å²) in [5.41, 5.74) is 0. The van der Waals surface area contributed by atoms with E-state index < -0.39 is 6.10 Å². The van der Waals surface area contributed by atoms with Gasteiger partial charge in [0.25, 0.3) is 0 Å². The summed E-state index contributed by atoms with van der Waals surface area (Å²) in [6.07, 6.45) is 100. The van der Waals surface area contributed by atoms with Crippen LogP contribution in [0.25, 0.3) is 0 Å². The number of unbranched alkanes of at least 4 members (excludes halogenated alkanes) is 15. The number of carbonyl (C=O) groups is 3. The van der Waals surface area contributed by atoms with Gasteiger partial charge in [-0.1, -0.05) is 261 Å². The zero-order valence-electron chi connectivity index (χ0n) is 51.7. The summed E-state index contributed by atoms with van der Waals surface area (Å²) in [5, 5.41) is 0. The van der Waals surface area contributed by atoms with Gasteiger partial charge >= 0.3 is 17.9 Å². The number of carbonyl (C=O) groups excluding carboxylic acids is 3. The van der Waals surface area contributed by atoms with Crippen LogP contribution in [0.3, 0.4) is 0 Å². The summed E-state index contributed by atoms with van der Waals surface area (Å²) in [5.74, 6) is -0.977. The fourth-order valence-electron chi connectivity index (χ4n) is 8.11. The Labute approximate surface area is 497 Å². The Bertz CT molecular complexity index is 1900. The minimum Gasteiger partial charge on any atom is -0.462 e. The summed E-state index contributed by atoms with van der Waals surface area (Å²) < 4.78 is 16.9. The van der Waals surface area contributed by atoms with E-state index in [4.69, 9.17) is 14.2 Å². The van der Waals surface area contributed by atoms with Gasteiger partial charge in [-0.05, 0) is 154 Å². The summed E-state index contributed by atoms with van der Waals surface area (Å²) in [4.78, 5) is 38.3. The highest BCUT2D eigenvalue weighted by Crippen LogP contribution is 2.13. The Kier molecular flexibility index (Phi) is 62.5. The van der Waals surface area contributed by atoms with Gasteiger partial charge in [0.2, 0.25) is 0 Å². The van der Waals surface area contributed by atoms with Crippen LogP contribution in [-0.2, 0) is 28.6 Å². The van der Waals surface area contributed by atoms with Crippen molar-refractivity contribution >= 4 is 17.9 Å². The Balaban J connectivity index is 4.48. The van der Waals surface area contributed by atoms with Gasteiger partial charge in [0, 0.05) is 19.3 Å². The molecule has 0 aromatic rings. The van der Waals surface area contributed by atoms with Gasteiger partial charge in [0.1, 0.15) is 13.2 Å². The lowest BCUT2D eigenvalue weighted by molar-refractivity contribution is -0.167. The number of rotatable bonds is 56. The Morgan fingerprint density at radius 2 is 0.481 bits per heavy atom. The first kappa shape index (κ1) is 75.5. The van der Waals surface area contributed by atoms with Gasteiger partial charge < -0.3 is 14.2 Å². The molecule has 0 bridgehead atoms. The quantitative estimate of drug-likeness (QED) is 0.0261. The lowest BCUT2D eigenvalue weighted by atomic mass is 10.1. The molecule has 0 amide bonds. The van der Waals surface area contributed by atoms with Gasteiger partial charge in [-0.2, -0.15) is 0 Å². The summed E-state index contributed by atoms with van der Waals surface area (Å²) >= 11 is 0. The third-order valence-electron chi connectivity index (χ3n) is 12.9. The number of hydrogen-bond donors (Lipinski definition) is 0. The fourth-order valence-corrected chi connectivity index (χ4v) is 8.11. The van der Waals surface area contributed by atoms with Crippen molar-refractivity contribution in [1.29, 1.82) is 0 Å². The van der Waals surface area contributed by atoms with E-state index in [0.29, 0.717) is 12.8 Å². The van der Waals surface area contributed by atoms with Crippen LogP contribution in [0.5, 0.6) is 0 Å². The maximum Gasteiger partial charge on any atom is 0.306 e. The molecule has 1 atom stereocenters. The molecular formula is C75H116O6. The van der Waals surface area contributed by atoms with Crippen molar-refractivity contribution in [3.8, 4) is 0 Å². The molecule has 0 N–H and O–H groups in total. The van der Waals surface area contributed by atoms with E-state index in [1.807, 2.05) is 0 Å². The predicted molar refractivity (Wildman–Crippen MR) is 352 cm³/mol. The van der Waals surface area contributed by atoms with Crippen molar-refractivity contribution in [3.63, 3.8) is 0 Å². The van der Waals surface area contributed by atoms with Crippen molar-refractivity contribution in [2.24, 2.45) is 0 Å². The van der Waals surface area contributed by atoms with Gasteiger partial charge in [-0.15, -0.1) is 0 Å². The lowest BCUT2D eigenvalue weighted by Crippen LogP contribution is -2.30. The highest BCUT2D eigenvalue weighted by atomic mass is 16.6. The second-order valence-corrected chi connectivity index (χ2v) is 20.5. The Morgan fingerprint density at radius 1 is 0.259 bits per heavy atom. The molecule has 452 valence electrons. The van der Waals surface area contributed by atoms with Crippen molar-refractivity contribution in [2.45, 2.75) is 258 Å². The first-order valence-corrected chi connectivity index (χ1v) is 32.3. The van der Waals surface area contributed by atoms with Crippen LogP contribution in [0.4, 0.5) is 0 Å². The molecule has 0 saturated carbocycles. The molecule has 0 rings (SSSR count). The fraction of sp³-hybridized carbons (Fsp3) is 0.560. The molecule has 0 saturated heterocycles. The maximum absolute atomic E-state index is 12.9. The number of esters is 3.